The van der Waals surface area contributed by atoms with Gasteiger partial charge in [0.1, 0.15) is 24.3 Å². The second kappa shape index (κ2) is 11.8. The van der Waals surface area contributed by atoms with Gasteiger partial charge in [0.15, 0.2) is 0 Å². The Labute approximate surface area is 226 Å². The second-order valence-corrected chi connectivity index (χ2v) is 10.2. The number of allylic oxidation sites excluding steroid dienone is 4. The highest BCUT2D eigenvalue weighted by Gasteiger charge is 2.34. The van der Waals surface area contributed by atoms with Gasteiger partial charge >= 0.3 is 0 Å². The third-order valence-electron chi connectivity index (χ3n) is 7.71. The van der Waals surface area contributed by atoms with E-state index in [2.05, 4.69) is 34.6 Å². The number of carbonyl (C=O) groups is 2. The predicted octanol–water partition coefficient (Wildman–Crippen LogP) is 4.56. The van der Waals surface area contributed by atoms with E-state index in [4.69, 9.17) is 5.73 Å². The lowest BCUT2D eigenvalue weighted by molar-refractivity contribution is -0.130. The molecule has 2 unspecified atom stereocenters. The standard InChI is InChI=1S/C31H33FN4O3/c32-23-7-5-6-22(16-17-23)29(30(33)38)35-31(39)25-9-2-1-8-24(25)21-14-12-20(13-15-21)18-36-27-11-4-3-10-26(27)34-28(36)19-37/h3-6,10-17,24-25,29,37H,1-2,7-9,18-19H2,(H2,33,38)(H,35,39)/t24?,25-,29?/m1/s1. The van der Waals surface area contributed by atoms with Crippen LogP contribution in [0.25, 0.3) is 11.0 Å². The molecule has 2 aromatic carbocycles. The number of benzene rings is 2. The molecule has 4 N–H and O–H groups in total. The van der Waals surface area contributed by atoms with Crippen molar-refractivity contribution in [2.75, 3.05) is 0 Å². The summed E-state index contributed by atoms with van der Waals surface area (Å²) < 4.78 is 15.7. The van der Waals surface area contributed by atoms with Gasteiger partial charge in [-0.05, 0) is 53.7 Å². The average molecular weight is 529 g/mol. The molecule has 2 amide bonds. The number of carbonyl (C=O) groups excluding carboxylic acids is 2. The van der Waals surface area contributed by atoms with Gasteiger partial charge < -0.3 is 20.7 Å². The van der Waals surface area contributed by atoms with Gasteiger partial charge in [-0.2, -0.15) is 0 Å². The van der Waals surface area contributed by atoms with Crippen LogP contribution in [0.1, 0.15) is 55.0 Å². The van der Waals surface area contributed by atoms with Crippen molar-refractivity contribution in [1.29, 1.82) is 0 Å². The number of fused-ring (bicyclic) bond motifs is 1. The molecule has 5 rings (SSSR count). The first kappa shape index (κ1) is 26.6. The molecule has 202 valence electrons. The topological polar surface area (TPSA) is 110 Å². The lowest BCUT2D eigenvalue weighted by Gasteiger charge is -2.32. The zero-order chi connectivity index (χ0) is 27.4. The van der Waals surface area contributed by atoms with E-state index in [1.165, 1.54) is 12.2 Å². The number of halogens is 1. The number of nitrogens with two attached hydrogens (primary N) is 1. The van der Waals surface area contributed by atoms with Crippen molar-refractivity contribution in [3.63, 3.8) is 0 Å². The molecular weight excluding hydrogens is 495 g/mol. The molecular formula is C31H33FN4O3. The number of amides is 2. The minimum Gasteiger partial charge on any atom is -0.388 e. The van der Waals surface area contributed by atoms with Crippen molar-refractivity contribution in [3.8, 4) is 0 Å². The third-order valence-corrected chi connectivity index (χ3v) is 7.71. The minimum atomic E-state index is -1.02. The summed E-state index contributed by atoms with van der Waals surface area (Å²) in [6.45, 7) is 0.430. The number of primary amides is 1. The van der Waals surface area contributed by atoms with E-state index in [1.54, 1.807) is 12.2 Å². The van der Waals surface area contributed by atoms with Crippen molar-refractivity contribution in [2.45, 2.75) is 57.2 Å². The number of imidazole rings is 1. The van der Waals surface area contributed by atoms with Crippen LogP contribution in [0, 0.1) is 5.92 Å². The largest absolute Gasteiger partial charge is 0.388 e. The number of para-hydroxylation sites is 2. The fourth-order valence-corrected chi connectivity index (χ4v) is 5.70. The summed E-state index contributed by atoms with van der Waals surface area (Å²) in [4.78, 5) is 30.3. The monoisotopic (exact) mass is 528 g/mol. The van der Waals surface area contributed by atoms with Crippen LogP contribution in [-0.4, -0.2) is 32.5 Å². The maximum atomic E-state index is 13.7. The molecule has 1 heterocycles. The highest BCUT2D eigenvalue weighted by Crippen LogP contribution is 2.38. The molecule has 3 atom stereocenters. The smallest absolute Gasteiger partial charge is 0.244 e. The Morgan fingerprint density at radius 1 is 1.10 bits per heavy atom. The molecule has 0 radical (unpaired) electrons. The molecule has 7 nitrogen and oxygen atoms in total. The minimum absolute atomic E-state index is 0.0133. The van der Waals surface area contributed by atoms with Crippen LogP contribution in [0.2, 0.25) is 0 Å². The summed E-state index contributed by atoms with van der Waals surface area (Å²) in [5.41, 5.74) is 10.1. The van der Waals surface area contributed by atoms with Crippen LogP contribution in [-0.2, 0) is 22.7 Å². The summed E-state index contributed by atoms with van der Waals surface area (Å²) >= 11 is 0. The number of aliphatic hydroxyl groups is 1. The van der Waals surface area contributed by atoms with Crippen LogP contribution in [0.5, 0.6) is 0 Å². The maximum Gasteiger partial charge on any atom is 0.244 e. The molecule has 2 aliphatic rings. The highest BCUT2D eigenvalue weighted by molar-refractivity contribution is 5.91. The molecule has 8 heteroatoms. The fourth-order valence-electron chi connectivity index (χ4n) is 5.70. The van der Waals surface area contributed by atoms with Gasteiger partial charge in [-0.3, -0.25) is 9.59 Å². The van der Waals surface area contributed by atoms with Crippen molar-refractivity contribution in [3.05, 3.63) is 101 Å². The summed E-state index contributed by atoms with van der Waals surface area (Å²) in [7, 11) is 0. The van der Waals surface area contributed by atoms with Crippen LogP contribution < -0.4 is 11.1 Å². The van der Waals surface area contributed by atoms with E-state index in [-0.39, 0.29) is 36.6 Å². The number of hydrogen-bond acceptors (Lipinski definition) is 4. The predicted molar refractivity (Wildman–Crippen MR) is 148 cm³/mol. The first-order valence-corrected chi connectivity index (χ1v) is 13.4. The molecule has 0 saturated heterocycles. The number of aliphatic hydroxyl groups excluding tert-OH is 1. The Morgan fingerprint density at radius 2 is 1.87 bits per heavy atom. The lowest BCUT2D eigenvalue weighted by atomic mass is 9.74. The van der Waals surface area contributed by atoms with Gasteiger partial charge in [-0.25, -0.2) is 9.37 Å². The molecule has 1 aromatic heterocycles. The van der Waals surface area contributed by atoms with Gasteiger partial charge in [-0.15, -0.1) is 0 Å². The Morgan fingerprint density at radius 3 is 2.64 bits per heavy atom. The van der Waals surface area contributed by atoms with E-state index in [0.717, 1.165) is 41.4 Å². The van der Waals surface area contributed by atoms with Crippen LogP contribution in [0.15, 0.2) is 84.2 Å². The van der Waals surface area contributed by atoms with E-state index in [1.807, 2.05) is 28.8 Å². The first-order valence-electron chi connectivity index (χ1n) is 13.4. The number of nitrogens with one attached hydrogen (secondary N) is 1. The van der Waals surface area contributed by atoms with Crippen LogP contribution in [0.4, 0.5) is 4.39 Å². The van der Waals surface area contributed by atoms with Crippen LogP contribution >= 0.6 is 0 Å². The molecule has 1 fully saturated rings. The molecule has 0 spiro atoms. The zero-order valence-corrected chi connectivity index (χ0v) is 21.7. The van der Waals surface area contributed by atoms with Gasteiger partial charge in [0.05, 0.1) is 11.0 Å². The third kappa shape index (κ3) is 5.86. The normalized spacial score (nSPS) is 20.2. The quantitative estimate of drug-likeness (QED) is 0.398. The van der Waals surface area contributed by atoms with Gasteiger partial charge in [-0.1, -0.05) is 67.5 Å². The van der Waals surface area contributed by atoms with Crippen LogP contribution in [0.3, 0.4) is 0 Å². The van der Waals surface area contributed by atoms with E-state index in [9.17, 15) is 19.1 Å². The number of rotatable bonds is 8. The van der Waals surface area contributed by atoms with E-state index >= 15 is 0 Å². The molecule has 0 aliphatic heterocycles. The lowest BCUT2D eigenvalue weighted by Crippen LogP contribution is -2.48. The van der Waals surface area contributed by atoms with Crippen molar-refractivity contribution >= 4 is 22.8 Å². The van der Waals surface area contributed by atoms with E-state index < -0.39 is 11.9 Å². The summed E-state index contributed by atoms with van der Waals surface area (Å²) in [5.74, 6) is -0.883. The molecule has 39 heavy (non-hydrogen) atoms. The number of hydrogen-bond donors (Lipinski definition) is 3. The summed E-state index contributed by atoms with van der Waals surface area (Å²) in [6, 6.07) is 15.0. The Balaban J connectivity index is 1.33. The van der Waals surface area contributed by atoms with Crippen molar-refractivity contribution < 1.29 is 19.1 Å². The Bertz CT molecular complexity index is 1450. The molecule has 2 aliphatic carbocycles. The fraction of sp³-hybridized carbons (Fsp3) is 0.323. The van der Waals surface area contributed by atoms with Gasteiger partial charge in [0, 0.05) is 18.9 Å². The Hall–Kier alpha value is -4.04. The second-order valence-electron chi connectivity index (χ2n) is 10.2. The van der Waals surface area contributed by atoms with Crippen molar-refractivity contribution in [1.82, 2.24) is 14.9 Å². The summed E-state index contributed by atoms with van der Waals surface area (Å²) in [6.07, 6.45) is 9.74. The van der Waals surface area contributed by atoms with Crippen molar-refractivity contribution in [2.24, 2.45) is 11.7 Å². The van der Waals surface area contributed by atoms with Gasteiger partial charge in [0.25, 0.3) is 0 Å². The molecule has 3 aromatic rings. The number of nitrogens with zero attached hydrogens (tertiary/aromatic N) is 2. The Kier molecular flexibility index (Phi) is 8.02. The first-order chi connectivity index (χ1) is 18.9. The summed E-state index contributed by atoms with van der Waals surface area (Å²) in [5, 5.41) is 12.7. The molecule has 1 saturated carbocycles. The number of aromatic nitrogens is 2. The van der Waals surface area contributed by atoms with E-state index in [0.29, 0.717) is 24.4 Å². The maximum absolute atomic E-state index is 13.7. The van der Waals surface area contributed by atoms with Gasteiger partial charge in [0.2, 0.25) is 11.8 Å². The average Bonchev–Trinajstić information content (AvgIpc) is 3.16. The highest BCUT2D eigenvalue weighted by atomic mass is 19.1. The SMILES string of the molecule is NC(=O)C(NC(=O)[C@@H]1CCCCC1c1ccc(Cn2c(CO)nc3ccccc32)cc1)C1=CC=C(F)CC=C1. The zero-order valence-electron chi connectivity index (χ0n) is 21.7. The molecule has 0 bridgehead atoms.